The summed E-state index contributed by atoms with van der Waals surface area (Å²) in [5, 5.41) is 0. The van der Waals surface area contributed by atoms with Crippen molar-refractivity contribution in [2.75, 3.05) is 13.2 Å². The summed E-state index contributed by atoms with van der Waals surface area (Å²) in [4.78, 5) is 22.7. The van der Waals surface area contributed by atoms with Gasteiger partial charge in [-0.1, -0.05) is 77.4 Å². The van der Waals surface area contributed by atoms with Gasteiger partial charge in [-0.25, -0.2) is 0 Å². The topological polar surface area (TPSA) is 52.6 Å². The average Bonchev–Trinajstić information content (AvgIpc) is 2.75. The number of carbonyl (C=O) groups excluding carboxylic acids is 2. The molecule has 176 valence electrons. The molecule has 0 amide bonds. The van der Waals surface area contributed by atoms with Crippen LogP contribution in [0.4, 0.5) is 0 Å². The minimum Gasteiger partial charge on any atom is -0.466 e. The zero-order chi connectivity index (χ0) is 22.1. The first-order valence-corrected chi connectivity index (χ1v) is 12.7. The van der Waals surface area contributed by atoms with Gasteiger partial charge in [-0.05, 0) is 51.4 Å². The van der Waals surface area contributed by atoms with Crippen LogP contribution in [-0.2, 0) is 19.1 Å². The zero-order valence-corrected chi connectivity index (χ0v) is 19.9. The highest BCUT2D eigenvalue weighted by Gasteiger charge is 2.02. The third kappa shape index (κ3) is 23.0. The van der Waals surface area contributed by atoms with Crippen molar-refractivity contribution in [1.29, 1.82) is 0 Å². The molecule has 4 heteroatoms. The van der Waals surface area contributed by atoms with Crippen molar-refractivity contribution < 1.29 is 19.1 Å². The molecule has 0 heterocycles. The van der Waals surface area contributed by atoms with Gasteiger partial charge in [-0.15, -0.1) is 0 Å². The smallest absolute Gasteiger partial charge is 0.305 e. The highest BCUT2D eigenvalue weighted by molar-refractivity contribution is 5.69. The third-order valence-corrected chi connectivity index (χ3v) is 5.10. The molecule has 0 aliphatic rings. The Morgan fingerprint density at radius 2 is 0.867 bits per heavy atom. The van der Waals surface area contributed by atoms with Crippen LogP contribution in [0.3, 0.4) is 0 Å². The van der Waals surface area contributed by atoms with Gasteiger partial charge in [-0.2, -0.15) is 0 Å². The summed E-state index contributed by atoms with van der Waals surface area (Å²) >= 11 is 0. The van der Waals surface area contributed by atoms with Crippen LogP contribution in [0, 0.1) is 0 Å². The fourth-order valence-corrected chi connectivity index (χ4v) is 3.29. The van der Waals surface area contributed by atoms with E-state index in [1.165, 1.54) is 64.2 Å². The second kappa shape index (κ2) is 24.0. The molecule has 0 rings (SSSR count). The zero-order valence-electron chi connectivity index (χ0n) is 19.9. The molecule has 0 aromatic carbocycles. The van der Waals surface area contributed by atoms with Crippen molar-refractivity contribution in [1.82, 2.24) is 0 Å². The number of unbranched alkanes of at least 4 members (excludes halogenated alkanes) is 12. The Morgan fingerprint density at radius 1 is 0.533 bits per heavy atom. The third-order valence-electron chi connectivity index (χ3n) is 5.10. The molecule has 0 unspecified atom stereocenters. The Morgan fingerprint density at radius 3 is 1.23 bits per heavy atom. The standard InChI is InChI=1S/C26H48O4/c1-3-23-29-25(27)21-19-17-15-13-11-9-7-5-6-8-10-12-14-16-18-20-22-26(28)30-24-4-2/h5,7H,3-4,6,8-24H2,1-2H3/b7-5+. The van der Waals surface area contributed by atoms with E-state index in [0.29, 0.717) is 26.1 Å². The van der Waals surface area contributed by atoms with Crippen molar-refractivity contribution in [2.45, 2.75) is 129 Å². The van der Waals surface area contributed by atoms with Crippen LogP contribution in [0.2, 0.25) is 0 Å². The lowest BCUT2D eigenvalue weighted by molar-refractivity contribution is -0.144. The Labute approximate surface area is 186 Å². The minimum atomic E-state index is -0.0378. The second-order valence-electron chi connectivity index (χ2n) is 8.23. The van der Waals surface area contributed by atoms with E-state index in [-0.39, 0.29) is 11.9 Å². The predicted octanol–water partition coefficient (Wildman–Crippen LogP) is 7.69. The van der Waals surface area contributed by atoms with Crippen molar-refractivity contribution in [3.63, 3.8) is 0 Å². The molecule has 0 aliphatic carbocycles. The Kier molecular flexibility index (Phi) is 22.9. The van der Waals surface area contributed by atoms with E-state index >= 15 is 0 Å². The van der Waals surface area contributed by atoms with Crippen LogP contribution < -0.4 is 0 Å². The molecule has 4 nitrogen and oxygen atoms in total. The molecule has 0 radical (unpaired) electrons. The van der Waals surface area contributed by atoms with Gasteiger partial charge in [0.05, 0.1) is 13.2 Å². The van der Waals surface area contributed by atoms with E-state index in [4.69, 9.17) is 9.47 Å². The van der Waals surface area contributed by atoms with Crippen LogP contribution in [0.1, 0.15) is 129 Å². The van der Waals surface area contributed by atoms with Crippen LogP contribution in [-0.4, -0.2) is 25.2 Å². The average molecular weight is 425 g/mol. The lowest BCUT2D eigenvalue weighted by Crippen LogP contribution is -2.04. The number of allylic oxidation sites excluding steroid dienone is 2. The van der Waals surface area contributed by atoms with Gasteiger partial charge < -0.3 is 9.47 Å². The van der Waals surface area contributed by atoms with Crippen molar-refractivity contribution in [2.24, 2.45) is 0 Å². The normalized spacial score (nSPS) is 11.1. The summed E-state index contributed by atoms with van der Waals surface area (Å²) in [6.07, 6.45) is 24.4. The first-order chi connectivity index (χ1) is 14.7. The van der Waals surface area contributed by atoms with E-state index in [0.717, 1.165) is 38.5 Å². The van der Waals surface area contributed by atoms with Gasteiger partial charge >= 0.3 is 11.9 Å². The molecule has 0 bridgehead atoms. The quantitative estimate of drug-likeness (QED) is 0.101. The van der Waals surface area contributed by atoms with E-state index in [1.54, 1.807) is 0 Å². The van der Waals surface area contributed by atoms with E-state index in [2.05, 4.69) is 12.2 Å². The molecular weight excluding hydrogens is 376 g/mol. The number of ether oxygens (including phenoxy) is 2. The van der Waals surface area contributed by atoms with Gasteiger partial charge in [0, 0.05) is 12.8 Å². The van der Waals surface area contributed by atoms with Crippen molar-refractivity contribution in [3.05, 3.63) is 12.2 Å². The fourth-order valence-electron chi connectivity index (χ4n) is 3.29. The molecule has 0 aromatic rings. The lowest BCUT2D eigenvalue weighted by Gasteiger charge is -2.03. The lowest BCUT2D eigenvalue weighted by atomic mass is 10.1. The van der Waals surface area contributed by atoms with Gasteiger partial charge in [0.15, 0.2) is 0 Å². The highest BCUT2D eigenvalue weighted by atomic mass is 16.5. The minimum absolute atomic E-state index is 0.0342. The maximum atomic E-state index is 11.4. The summed E-state index contributed by atoms with van der Waals surface area (Å²) in [7, 11) is 0. The number of hydrogen-bond acceptors (Lipinski definition) is 4. The number of esters is 2. The molecule has 30 heavy (non-hydrogen) atoms. The molecule has 0 N–H and O–H groups in total. The number of hydrogen-bond donors (Lipinski definition) is 0. The Balaban J connectivity index is 3.20. The first-order valence-electron chi connectivity index (χ1n) is 12.7. The van der Waals surface area contributed by atoms with Crippen LogP contribution in [0.5, 0.6) is 0 Å². The molecule has 0 aliphatic heterocycles. The van der Waals surface area contributed by atoms with E-state index < -0.39 is 0 Å². The van der Waals surface area contributed by atoms with Gasteiger partial charge in [-0.3, -0.25) is 9.59 Å². The summed E-state index contributed by atoms with van der Waals surface area (Å²) in [5.74, 6) is -0.0720. The van der Waals surface area contributed by atoms with Crippen LogP contribution in [0.25, 0.3) is 0 Å². The molecule has 0 atom stereocenters. The largest absolute Gasteiger partial charge is 0.466 e. The van der Waals surface area contributed by atoms with Gasteiger partial charge in [0.1, 0.15) is 0 Å². The maximum absolute atomic E-state index is 11.4. The van der Waals surface area contributed by atoms with Crippen molar-refractivity contribution >= 4 is 11.9 Å². The molecular formula is C26H48O4. The van der Waals surface area contributed by atoms with E-state index in [1.807, 2.05) is 13.8 Å². The summed E-state index contributed by atoms with van der Waals surface area (Å²) in [5.41, 5.74) is 0. The molecule has 0 aromatic heterocycles. The van der Waals surface area contributed by atoms with E-state index in [9.17, 15) is 9.59 Å². The first kappa shape index (κ1) is 28.7. The van der Waals surface area contributed by atoms with Crippen molar-refractivity contribution in [3.8, 4) is 0 Å². The summed E-state index contributed by atoms with van der Waals surface area (Å²) in [6, 6.07) is 0. The number of rotatable bonds is 22. The van der Waals surface area contributed by atoms with Gasteiger partial charge in [0.2, 0.25) is 0 Å². The summed E-state index contributed by atoms with van der Waals surface area (Å²) < 4.78 is 10.2. The second-order valence-corrected chi connectivity index (χ2v) is 8.23. The summed E-state index contributed by atoms with van der Waals surface area (Å²) in [6.45, 7) is 5.16. The van der Waals surface area contributed by atoms with Gasteiger partial charge in [0.25, 0.3) is 0 Å². The highest BCUT2D eigenvalue weighted by Crippen LogP contribution is 2.11. The van der Waals surface area contributed by atoms with Crippen LogP contribution in [0.15, 0.2) is 12.2 Å². The fraction of sp³-hybridized carbons (Fsp3) is 0.846. The Bertz CT molecular complexity index is 417. The van der Waals surface area contributed by atoms with Crippen LogP contribution >= 0.6 is 0 Å². The molecule has 0 saturated heterocycles. The SMILES string of the molecule is CCCOC(=O)CCCCCCC/C=C/CCCCCCCCCC(=O)OCCC. The number of carbonyl (C=O) groups is 2. The maximum Gasteiger partial charge on any atom is 0.305 e. The molecule has 0 saturated carbocycles. The monoisotopic (exact) mass is 424 g/mol. The molecule has 0 spiro atoms. The molecule has 0 fully saturated rings. The Hall–Kier alpha value is -1.32. The predicted molar refractivity (Wildman–Crippen MR) is 126 cm³/mol.